The second kappa shape index (κ2) is 9.77. The van der Waals surface area contributed by atoms with Crippen LogP contribution in [0.1, 0.15) is 37.8 Å². The monoisotopic (exact) mass is 394 g/mol. The van der Waals surface area contributed by atoms with Crippen LogP contribution in [-0.4, -0.2) is 6.61 Å². The first-order valence-electron chi connectivity index (χ1n) is 9.69. The number of hydrogen-bond acceptors (Lipinski definition) is 2. The average molecular weight is 395 g/mol. The predicted octanol–water partition coefficient (Wildman–Crippen LogP) is 7.41. The lowest BCUT2D eigenvalue weighted by Gasteiger charge is -2.25. The van der Waals surface area contributed by atoms with Crippen LogP contribution < -0.4 is 4.74 Å². The van der Waals surface area contributed by atoms with Gasteiger partial charge in [-0.2, -0.15) is 0 Å². The second-order valence-corrected chi connectivity index (χ2v) is 8.05. The maximum absolute atomic E-state index is 5.99. The maximum atomic E-state index is 5.99. The summed E-state index contributed by atoms with van der Waals surface area (Å²) in [4.78, 5) is 0. The summed E-state index contributed by atoms with van der Waals surface area (Å²) in [5, 5.41) is 0.779. The van der Waals surface area contributed by atoms with E-state index >= 15 is 0 Å². The molecule has 3 heteroatoms. The van der Waals surface area contributed by atoms with Crippen molar-refractivity contribution in [1.82, 2.24) is 0 Å². The van der Waals surface area contributed by atoms with Gasteiger partial charge in [-0.15, -0.1) is 0 Å². The fourth-order valence-electron chi connectivity index (χ4n) is 3.17. The molecule has 28 heavy (non-hydrogen) atoms. The SMILES string of the molecule is CC(C)(CCCOCc1cccc(Oc2ccccc2)c1)c1ccc(Cl)cc1. The van der Waals surface area contributed by atoms with Gasteiger partial charge >= 0.3 is 0 Å². The molecule has 0 aliphatic heterocycles. The number of ether oxygens (including phenoxy) is 2. The van der Waals surface area contributed by atoms with Crippen molar-refractivity contribution >= 4 is 11.6 Å². The van der Waals surface area contributed by atoms with Gasteiger partial charge in [0.1, 0.15) is 11.5 Å². The van der Waals surface area contributed by atoms with Gasteiger partial charge in [0.05, 0.1) is 6.61 Å². The third-order valence-corrected chi connectivity index (χ3v) is 5.11. The van der Waals surface area contributed by atoms with Crippen molar-refractivity contribution in [3.05, 3.63) is 95.0 Å². The molecular weight excluding hydrogens is 368 g/mol. The molecule has 3 aromatic rings. The van der Waals surface area contributed by atoms with Gasteiger partial charge in [-0.1, -0.05) is 67.9 Å². The Kier molecular flexibility index (Phi) is 7.13. The lowest BCUT2D eigenvalue weighted by atomic mass is 9.81. The quantitative estimate of drug-likeness (QED) is 0.352. The molecule has 3 rings (SSSR count). The van der Waals surface area contributed by atoms with Gasteiger partial charge in [0.15, 0.2) is 0 Å². The molecule has 0 amide bonds. The van der Waals surface area contributed by atoms with E-state index in [9.17, 15) is 0 Å². The van der Waals surface area contributed by atoms with Gasteiger partial charge in [0.25, 0.3) is 0 Å². The molecule has 0 aliphatic rings. The Bertz CT molecular complexity index is 857. The van der Waals surface area contributed by atoms with E-state index in [2.05, 4.69) is 32.0 Å². The molecule has 0 aromatic heterocycles. The summed E-state index contributed by atoms with van der Waals surface area (Å²) >= 11 is 5.99. The van der Waals surface area contributed by atoms with Gasteiger partial charge in [-0.25, -0.2) is 0 Å². The molecule has 2 nitrogen and oxygen atoms in total. The van der Waals surface area contributed by atoms with Gasteiger partial charge in [-0.05, 0) is 65.8 Å². The van der Waals surface area contributed by atoms with Crippen molar-refractivity contribution in [1.29, 1.82) is 0 Å². The first-order valence-corrected chi connectivity index (χ1v) is 10.1. The van der Waals surface area contributed by atoms with Crippen LogP contribution in [0.15, 0.2) is 78.9 Å². The largest absolute Gasteiger partial charge is 0.457 e. The second-order valence-electron chi connectivity index (χ2n) is 7.61. The standard InChI is InChI=1S/C25H27ClO2/c1-25(2,21-12-14-22(26)15-13-21)16-7-17-27-19-20-8-6-11-24(18-20)28-23-9-4-3-5-10-23/h3-6,8-15,18H,7,16-17,19H2,1-2H3. The van der Waals surface area contributed by atoms with Crippen molar-refractivity contribution in [2.24, 2.45) is 0 Å². The van der Waals surface area contributed by atoms with E-state index in [4.69, 9.17) is 21.1 Å². The van der Waals surface area contributed by atoms with Crippen LogP contribution in [0, 0.1) is 0 Å². The number of benzene rings is 3. The van der Waals surface area contributed by atoms with E-state index in [1.807, 2.05) is 60.7 Å². The van der Waals surface area contributed by atoms with Crippen molar-refractivity contribution in [2.75, 3.05) is 6.61 Å². The van der Waals surface area contributed by atoms with Crippen LogP contribution in [0.2, 0.25) is 5.02 Å². The van der Waals surface area contributed by atoms with Crippen molar-refractivity contribution in [3.8, 4) is 11.5 Å². The molecule has 0 atom stereocenters. The summed E-state index contributed by atoms with van der Waals surface area (Å²) in [5.74, 6) is 1.67. The molecule has 0 bridgehead atoms. The van der Waals surface area contributed by atoms with E-state index < -0.39 is 0 Å². The predicted molar refractivity (Wildman–Crippen MR) is 116 cm³/mol. The first-order chi connectivity index (χ1) is 13.5. The van der Waals surface area contributed by atoms with E-state index in [0.717, 1.165) is 41.5 Å². The van der Waals surface area contributed by atoms with Crippen molar-refractivity contribution in [3.63, 3.8) is 0 Å². The summed E-state index contributed by atoms with van der Waals surface area (Å²) in [6.45, 7) is 5.86. The lowest BCUT2D eigenvalue weighted by molar-refractivity contribution is 0.113. The van der Waals surface area contributed by atoms with Gasteiger partial charge in [-0.3, -0.25) is 0 Å². The Labute approximate surface area is 173 Å². The van der Waals surface area contributed by atoms with E-state index in [-0.39, 0.29) is 5.41 Å². The molecule has 0 radical (unpaired) electrons. The highest BCUT2D eigenvalue weighted by Gasteiger charge is 2.19. The van der Waals surface area contributed by atoms with Gasteiger partial charge in [0, 0.05) is 11.6 Å². The fourth-order valence-corrected chi connectivity index (χ4v) is 3.30. The summed E-state index contributed by atoms with van der Waals surface area (Å²) in [6, 6.07) is 26.0. The highest BCUT2D eigenvalue weighted by atomic mass is 35.5. The number of para-hydroxylation sites is 1. The average Bonchev–Trinajstić information content (AvgIpc) is 2.69. The molecule has 0 spiro atoms. The Morgan fingerprint density at radius 3 is 2.29 bits per heavy atom. The molecule has 3 aromatic carbocycles. The zero-order valence-corrected chi connectivity index (χ0v) is 17.3. The van der Waals surface area contributed by atoms with Crippen LogP contribution in [0.25, 0.3) is 0 Å². The van der Waals surface area contributed by atoms with Gasteiger partial charge in [0.2, 0.25) is 0 Å². The van der Waals surface area contributed by atoms with Crippen LogP contribution in [-0.2, 0) is 16.8 Å². The molecule has 0 heterocycles. The molecule has 0 aliphatic carbocycles. The lowest BCUT2D eigenvalue weighted by Crippen LogP contribution is -2.17. The number of rotatable bonds is 9. The summed E-state index contributed by atoms with van der Waals surface area (Å²) < 4.78 is 11.8. The molecule has 0 saturated carbocycles. The van der Waals surface area contributed by atoms with Crippen molar-refractivity contribution in [2.45, 2.75) is 38.7 Å². The highest BCUT2D eigenvalue weighted by Crippen LogP contribution is 2.29. The summed E-state index contributed by atoms with van der Waals surface area (Å²) in [7, 11) is 0. The molecule has 146 valence electrons. The Hall–Kier alpha value is -2.29. The maximum Gasteiger partial charge on any atom is 0.127 e. The normalized spacial score (nSPS) is 11.4. The first kappa shape index (κ1) is 20.4. The minimum Gasteiger partial charge on any atom is -0.457 e. The summed E-state index contributed by atoms with van der Waals surface area (Å²) in [6.07, 6.45) is 2.07. The summed E-state index contributed by atoms with van der Waals surface area (Å²) in [5.41, 5.74) is 2.53. The Balaban J connectivity index is 1.44. The van der Waals surface area contributed by atoms with Gasteiger partial charge < -0.3 is 9.47 Å². The van der Waals surface area contributed by atoms with Crippen LogP contribution in [0.5, 0.6) is 11.5 Å². The highest BCUT2D eigenvalue weighted by molar-refractivity contribution is 6.30. The Morgan fingerprint density at radius 1 is 0.821 bits per heavy atom. The third kappa shape index (κ3) is 6.12. The van der Waals surface area contributed by atoms with Crippen LogP contribution >= 0.6 is 11.6 Å². The third-order valence-electron chi connectivity index (χ3n) is 4.86. The van der Waals surface area contributed by atoms with Crippen molar-refractivity contribution < 1.29 is 9.47 Å². The minimum atomic E-state index is 0.109. The molecule has 0 fully saturated rings. The Morgan fingerprint density at radius 2 is 1.54 bits per heavy atom. The minimum absolute atomic E-state index is 0.109. The molecule has 0 saturated heterocycles. The smallest absolute Gasteiger partial charge is 0.127 e. The topological polar surface area (TPSA) is 18.5 Å². The molecule has 0 unspecified atom stereocenters. The van der Waals surface area contributed by atoms with Crippen LogP contribution in [0.3, 0.4) is 0 Å². The van der Waals surface area contributed by atoms with E-state index in [1.165, 1.54) is 5.56 Å². The zero-order valence-electron chi connectivity index (χ0n) is 16.5. The zero-order chi connectivity index (χ0) is 19.8. The van der Waals surface area contributed by atoms with Crippen LogP contribution in [0.4, 0.5) is 0 Å². The van der Waals surface area contributed by atoms with E-state index in [0.29, 0.717) is 6.61 Å². The van der Waals surface area contributed by atoms with E-state index in [1.54, 1.807) is 0 Å². The fraction of sp³-hybridized carbons (Fsp3) is 0.280. The number of halogens is 1. The number of hydrogen-bond donors (Lipinski definition) is 0. The molecule has 0 N–H and O–H groups in total. The molecular formula is C25H27ClO2.